The maximum atomic E-state index is 5.87. The van der Waals surface area contributed by atoms with E-state index < -0.39 is 0 Å². The first kappa shape index (κ1) is 12.1. The summed E-state index contributed by atoms with van der Waals surface area (Å²) in [6.07, 6.45) is 0. The summed E-state index contributed by atoms with van der Waals surface area (Å²) in [5, 5.41) is 1.21. The molecule has 0 bridgehead atoms. The van der Waals surface area contributed by atoms with Crippen LogP contribution in [0.4, 0.5) is 0 Å². The van der Waals surface area contributed by atoms with Gasteiger partial charge in [0.25, 0.3) is 5.17 Å². The van der Waals surface area contributed by atoms with Crippen molar-refractivity contribution >= 4 is 40.0 Å². The molecule has 0 aromatic carbocycles. The Balaban J connectivity index is 4.93. The summed E-state index contributed by atoms with van der Waals surface area (Å²) in [6.45, 7) is 0. The Morgan fingerprint density at radius 1 is 1.08 bits per heavy atom. The highest BCUT2D eigenvalue weighted by Crippen LogP contribution is 2.18. The van der Waals surface area contributed by atoms with E-state index in [1.54, 1.807) is 37.7 Å². The van der Waals surface area contributed by atoms with Gasteiger partial charge in [-0.1, -0.05) is 23.2 Å². The largest absolute Gasteiger partial charge is 0.367 e. The molecule has 0 radical (unpaired) electrons. The lowest BCUT2D eigenvalue weighted by Gasteiger charge is -2.10. The monoisotopic (exact) mass is 229 g/mol. The molecule has 70 valence electrons. The topological polar surface area (TPSA) is 6.25 Å². The molecule has 0 amide bonds. The highest BCUT2D eigenvalue weighted by molar-refractivity contribution is 6.75. The number of nitrogens with zero attached hydrogens (tertiary/aromatic N) is 2. The van der Waals surface area contributed by atoms with E-state index >= 15 is 0 Å². The number of halogens is 3. The SMILES string of the molecule is CN(C)/C(Cl)=C(\Cl)C(Cl)=[N+](C)C. The van der Waals surface area contributed by atoms with Gasteiger partial charge in [0, 0.05) is 14.1 Å². The van der Waals surface area contributed by atoms with E-state index in [4.69, 9.17) is 34.8 Å². The summed E-state index contributed by atoms with van der Waals surface area (Å²) in [7, 11) is 7.18. The quantitative estimate of drug-likeness (QED) is 0.400. The molecular weight excluding hydrogens is 218 g/mol. The number of rotatable bonds is 2. The third kappa shape index (κ3) is 3.21. The van der Waals surface area contributed by atoms with Crippen molar-refractivity contribution in [2.45, 2.75) is 0 Å². The summed E-state index contributed by atoms with van der Waals surface area (Å²) in [5.74, 6) is 0. The average Bonchev–Trinajstić information content (AvgIpc) is 2.00. The molecule has 0 fully saturated rings. The van der Waals surface area contributed by atoms with Gasteiger partial charge in [0.2, 0.25) is 0 Å². The molecule has 0 aliphatic heterocycles. The summed E-state index contributed by atoms with van der Waals surface area (Å²) >= 11 is 17.6. The normalized spacial score (nSPS) is 12.2. The summed E-state index contributed by atoms with van der Waals surface area (Å²) in [4.78, 5) is 1.69. The molecule has 0 saturated heterocycles. The van der Waals surface area contributed by atoms with Crippen LogP contribution in [-0.4, -0.2) is 42.8 Å². The first-order valence-electron chi connectivity index (χ1n) is 3.30. The second-order valence-corrected chi connectivity index (χ2v) is 3.78. The summed E-state index contributed by atoms with van der Waals surface area (Å²) in [6, 6.07) is 0. The lowest BCUT2D eigenvalue weighted by atomic mass is 10.6. The Morgan fingerprint density at radius 3 is 1.75 bits per heavy atom. The van der Waals surface area contributed by atoms with Crippen LogP contribution in [0.25, 0.3) is 0 Å². The molecule has 0 rings (SSSR count). The maximum absolute atomic E-state index is 5.87. The minimum absolute atomic E-state index is 0.355. The second-order valence-electron chi connectivity index (χ2n) is 2.68. The number of hydrogen-bond donors (Lipinski definition) is 0. The van der Waals surface area contributed by atoms with Crippen molar-refractivity contribution in [1.29, 1.82) is 0 Å². The highest BCUT2D eigenvalue weighted by Gasteiger charge is 2.15. The molecule has 2 nitrogen and oxygen atoms in total. The van der Waals surface area contributed by atoms with Crippen molar-refractivity contribution in [3.8, 4) is 0 Å². The zero-order chi connectivity index (χ0) is 9.89. The van der Waals surface area contributed by atoms with Crippen molar-refractivity contribution < 1.29 is 4.58 Å². The Bertz CT molecular complexity index is 227. The molecule has 0 atom stereocenters. The van der Waals surface area contributed by atoms with E-state index in [9.17, 15) is 0 Å². The Labute approximate surface area is 88.0 Å². The lowest BCUT2D eigenvalue weighted by molar-refractivity contribution is -0.461. The van der Waals surface area contributed by atoms with E-state index in [1.807, 2.05) is 0 Å². The van der Waals surface area contributed by atoms with E-state index in [0.29, 0.717) is 15.4 Å². The number of allylic oxidation sites excluding steroid dienone is 1. The van der Waals surface area contributed by atoms with Crippen LogP contribution in [0.3, 0.4) is 0 Å². The van der Waals surface area contributed by atoms with E-state index in [1.165, 1.54) is 0 Å². The molecule has 5 heteroatoms. The van der Waals surface area contributed by atoms with Crippen molar-refractivity contribution in [3.05, 3.63) is 10.2 Å². The van der Waals surface area contributed by atoms with Crippen molar-refractivity contribution in [2.75, 3.05) is 28.2 Å². The molecule has 0 unspecified atom stereocenters. The van der Waals surface area contributed by atoms with Crippen LogP contribution in [0.5, 0.6) is 0 Å². The van der Waals surface area contributed by atoms with Crippen molar-refractivity contribution in [2.24, 2.45) is 0 Å². The zero-order valence-electron chi connectivity index (χ0n) is 7.53. The Hall–Kier alpha value is 0.0800. The highest BCUT2D eigenvalue weighted by atomic mass is 35.5. The van der Waals surface area contributed by atoms with E-state index in [2.05, 4.69) is 0 Å². The fourth-order valence-electron chi connectivity index (χ4n) is 0.478. The van der Waals surface area contributed by atoms with Crippen LogP contribution < -0.4 is 0 Å². The molecule has 12 heavy (non-hydrogen) atoms. The fraction of sp³-hybridized carbons (Fsp3) is 0.571. The molecule has 0 saturated carbocycles. The molecule has 0 aliphatic rings. The van der Waals surface area contributed by atoms with E-state index in [0.717, 1.165) is 0 Å². The maximum Gasteiger partial charge on any atom is 0.291 e. The molecule has 0 N–H and O–H groups in total. The van der Waals surface area contributed by atoms with Gasteiger partial charge in [-0.25, -0.2) is 4.58 Å². The van der Waals surface area contributed by atoms with E-state index in [-0.39, 0.29) is 0 Å². The standard InChI is InChI=1S/C7H12Cl3N2/c1-11(2)6(9)5(8)7(10)12(3)4/h1-4H3/q+1. The molecule has 0 aromatic heterocycles. The van der Waals surface area contributed by atoms with Gasteiger partial charge in [0.15, 0.2) is 5.03 Å². The minimum Gasteiger partial charge on any atom is -0.367 e. The Morgan fingerprint density at radius 2 is 1.50 bits per heavy atom. The van der Waals surface area contributed by atoms with Crippen LogP contribution >= 0.6 is 34.8 Å². The molecule has 0 aromatic rings. The van der Waals surface area contributed by atoms with Gasteiger partial charge >= 0.3 is 0 Å². The van der Waals surface area contributed by atoms with Gasteiger partial charge in [-0.05, 0) is 11.6 Å². The third-order valence-corrected chi connectivity index (χ3v) is 2.75. The zero-order valence-corrected chi connectivity index (χ0v) is 9.80. The van der Waals surface area contributed by atoms with Gasteiger partial charge in [0.1, 0.15) is 19.3 Å². The molecule has 0 spiro atoms. The Kier molecular flexibility index (Phi) is 4.98. The molecular formula is C7H12Cl3N2+. The summed E-state index contributed by atoms with van der Waals surface area (Å²) < 4.78 is 1.69. The van der Waals surface area contributed by atoms with Crippen molar-refractivity contribution in [3.63, 3.8) is 0 Å². The first-order valence-corrected chi connectivity index (χ1v) is 4.44. The lowest BCUT2D eigenvalue weighted by Crippen LogP contribution is -2.13. The van der Waals surface area contributed by atoms with Crippen LogP contribution in [0, 0.1) is 0 Å². The molecule has 0 heterocycles. The van der Waals surface area contributed by atoms with Gasteiger partial charge in [0.05, 0.1) is 0 Å². The molecule has 0 aliphatic carbocycles. The van der Waals surface area contributed by atoms with Gasteiger partial charge in [-0.3, -0.25) is 0 Å². The smallest absolute Gasteiger partial charge is 0.291 e. The predicted octanol–water partition coefficient (Wildman–Crippen LogP) is 2.10. The summed E-state index contributed by atoms with van der Waals surface area (Å²) in [5.41, 5.74) is 0. The van der Waals surface area contributed by atoms with Crippen LogP contribution in [0.2, 0.25) is 0 Å². The van der Waals surface area contributed by atoms with Gasteiger partial charge in [-0.15, -0.1) is 0 Å². The third-order valence-electron chi connectivity index (χ3n) is 1.15. The predicted molar refractivity (Wildman–Crippen MR) is 55.4 cm³/mol. The van der Waals surface area contributed by atoms with Gasteiger partial charge < -0.3 is 4.90 Å². The van der Waals surface area contributed by atoms with Crippen LogP contribution in [0.1, 0.15) is 0 Å². The van der Waals surface area contributed by atoms with Crippen LogP contribution in [0.15, 0.2) is 10.2 Å². The first-order chi connectivity index (χ1) is 5.37. The second kappa shape index (κ2) is 4.95. The number of hydrogen-bond acceptors (Lipinski definition) is 1. The minimum atomic E-state index is 0.355. The average molecular weight is 231 g/mol. The van der Waals surface area contributed by atoms with Crippen molar-refractivity contribution in [1.82, 2.24) is 4.90 Å². The van der Waals surface area contributed by atoms with Crippen LogP contribution in [-0.2, 0) is 0 Å². The van der Waals surface area contributed by atoms with Gasteiger partial charge in [-0.2, -0.15) is 0 Å². The fourth-order valence-corrected chi connectivity index (χ4v) is 1.04.